The molecule has 3 amide bonds. The van der Waals surface area contributed by atoms with E-state index < -0.39 is 58.0 Å². The molecule has 2 aliphatic rings. The molecule has 4 rings (SSSR count). The minimum Gasteiger partial charge on any atom is -0.477 e. The van der Waals surface area contributed by atoms with Gasteiger partial charge in [-0.3, -0.25) is 29.9 Å². The monoisotopic (exact) mass is 601 g/mol. The van der Waals surface area contributed by atoms with Crippen molar-refractivity contribution in [3.05, 3.63) is 90.5 Å². The number of β-lactam (4-membered cyclic amide) rings is 1. The molecule has 0 aromatic heterocycles. The lowest BCUT2D eigenvalue weighted by atomic mass is 9.95. The summed E-state index contributed by atoms with van der Waals surface area (Å²) in [5.74, 6) is -2.03. The highest BCUT2D eigenvalue weighted by Crippen LogP contribution is 2.44. The number of benzene rings is 2. The van der Waals surface area contributed by atoms with Gasteiger partial charge in [0.25, 0.3) is 17.3 Å². The minimum absolute atomic E-state index is 0.0804. The van der Waals surface area contributed by atoms with Crippen molar-refractivity contribution in [2.24, 2.45) is 0 Å². The normalized spacial score (nSPS) is 17.9. The Labute approximate surface area is 240 Å². The molecule has 220 valence electrons. The quantitative estimate of drug-likeness (QED) is 0.146. The molecule has 3 unspecified atom stereocenters. The Kier molecular flexibility index (Phi) is 8.90. The summed E-state index contributed by atoms with van der Waals surface area (Å²) < 4.78 is 10.2. The van der Waals surface area contributed by atoms with E-state index in [1.165, 1.54) is 42.5 Å². The van der Waals surface area contributed by atoms with Crippen LogP contribution in [-0.2, 0) is 32.3 Å². The number of hydrogen-bond donors (Lipinski definition) is 3. The molecular formula is C25H23N5O11S. The summed E-state index contributed by atoms with van der Waals surface area (Å²) in [5.41, 5.74) is 0.0606. The van der Waals surface area contributed by atoms with Crippen LogP contribution in [0, 0.1) is 20.2 Å². The number of nitro groups is 2. The first-order chi connectivity index (χ1) is 20.0. The third-order valence-electron chi connectivity index (χ3n) is 6.30. The van der Waals surface area contributed by atoms with Crippen LogP contribution in [0.25, 0.3) is 0 Å². The van der Waals surface area contributed by atoms with Gasteiger partial charge in [-0.2, -0.15) is 0 Å². The number of amides is 3. The maximum atomic E-state index is 12.7. The maximum absolute atomic E-state index is 12.7. The average molecular weight is 602 g/mol. The third-order valence-corrected chi connectivity index (χ3v) is 7.42. The Balaban J connectivity index is 1.29. The summed E-state index contributed by atoms with van der Waals surface area (Å²) >= 11 is 0.991. The van der Waals surface area contributed by atoms with Crippen LogP contribution in [0.3, 0.4) is 0 Å². The van der Waals surface area contributed by atoms with Gasteiger partial charge in [-0.1, -0.05) is 12.1 Å². The van der Waals surface area contributed by atoms with Gasteiger partial charge in [0.05, 0.1) is 26.8 Å². The lowest BCUT2D eigenvalue weighted by molar-refractivity contribution is -0.385. The fourth-order valence-electron chi connectivity index (χ4n) is 4.37. The summed E-state index contributed by atoms with van der Waals surface area (Å²) in [5, 5.41) is 35.9. The second-order valence-corrected chi connectivity index (χ2v) is 10.5. The van der Waals surface area contributed by atoms with Crippen molar-refractivity contribution in [2.45, 2.75) is 44.0 Å². The lowest BCUT2D eigenvalue weighted by Gasteiger charge is -2.42. The molecule has 16 nitrogen and oxygen atoms in total. The number of ether oxygens (including phenoxy) is 2. The topological polar surface area (TPSA) is 221 Å². The van der Waals surface area contributed by atoms with E-state index >= 15 is 0 Å². The zero-order valence-corrected chi connectivity index (χ0v) is 22.6. The highest BCUT2D eigenvalue weighted by atomic mass is 32.2. The van der Waals surface area contributed by atoms with Crippen LogP contribution in [-0.4, -0.2) is 61.4 Å². The van der Waals surface area contributed by atoms with Gasteiger partial charge in [-0.15, -0.1) is 11.8 Å². The molecule has 2 aliphatic heterocycles. The van der Waals surface area contributed by atoms with Gasteiger partial charge < -0.3 is 25.2 Å². The third kappa shape index (κ3) is 6.57. The van der Waals surface area contributed by atoms with Gasteiger partial charge in [0, 0.05) is 29.5 Å². The number of carbonyl (C=O) groups is 4. The SMILES string of the molecule is CC(NC(=O)OCc1ccc([N+](=O)[O-])cc1)SC1=C(C(=O)O)N2C(=O)C(NC(=O)OCc3ccccc3[N+](=O)[O-])C2C1. The lowest BCUT2D eigenvalue weighted by Crippen LogP contribution is -2.68. The number of carboxylic acid groups (broad SMARTS) is 1. The highest BCUT2D eigenvalue weighted by molar-refractivity contribution is 8.03. The number of carboxylic acids is 1. The number of para-hydroxylation sites is 1. The maximum Gasteiger partial charge on any atom is 0.408 e. The Morgan fingerprint density at radius 1 is 1.05 bits per heavy atom. The number of aliphatic carboxylic acids is 1. The molecule has 3 N–H and O–H groups in total. The van der Waals surface area contributed by atoms with E-state index in [2.05, 4.69) is 10.6 Å². The van der Waals surface area contributed by atoms with Crippen molar-refractivity contribution < 1.29 is 43.6 Å². The number of hydrogen-bond acceptors (Lipinski definition) is 11. The summed E-state index contributed by atoms with van der Waals surface area (Å²) in [6.45, 7) is 1.01. The van der Waals surface area contributed by atoms with Gasteiger partial charge in [0.1, 0.15) is 25.0 Å². The van der Waals surface area contributed by atoms with E-state index in [0.717, 1.165) is 16.7 Å². The second-order valence-electron chi connectivity index (χ2n) is 9.04. The van der Waals surface area contributed by atoms with Crippen LogP contribution in [0.4, 0.5) is 21.0 Å². The van der Waals surface area contributed by atoms with E-state index in [-0.39, 0.29) is 35.7 Å². The first-order valence-corrected chi connectivity index (χ1v) is 13.1. The number of carbonyl (C=O) groups excluding carboxylic acids is 3. The van der Waals surface area contributed by atoms with Gasteiger partial charge >= 0.3 is 18.2 Å². The van der Waals surface area contributed by atoms with Crippen LogP contribution in [0.2, 0.25) is 0 Å². The molecule has 1 saturated heterocycles. The van der Waals surface area contributed by atoms with Crippen LogP contribution >= 0.6 is 11.8 Å². The molecule has 3 atom stereocenters. The van der Waals surface area contributed by atoms with Crippen LogP contribution in [0.1, 0.15) is 24.5 Å². The summed E-state index contributed by atoms with van der Waals surface area (Å²) in [4.78, 5) is 71.3. The van der Waals surface area contributed by atoms with Gasteiger partial charge in [0.2, 0.25) is 0 Å². The van der Waals surface area contributed by atoms with E-state index in [0.29, 0.717) is 10.5 Å². The number of alkyl carbamates (subject to hydrolysis) is 2. The Hall–Kier alpha value is -5.19. The van der Waals surface area contributed by atoms with Crippen molar-refractivity contribution in [3.8, 4) is 0 Å². The van der Waals surface area contributed by atoms with E-state index in [9.17, 15) is 44.5 Å². The standard InChI is InChI=1S/C25H23N5O11S/c1-13(26-24(34)40-11-14-6-8-16(9-7-14)29(36)37)42-19-10-18-20(22(31)28(18)21(19)23(32)33)27-25(35)41-12-15-4-2-3-5-17(15)30(38)39/h2-9,13,18,20H,10-12H2,1H3,(H,26,34)(H,27,35)(H,32,33). The fraction of sp³-hybridized carbons (Fsp3) is 0.280. The molecule has 2 aromatic carbocycles. The van der Waals surface area contributed by atoms with E-state index in [1.807, 2.05) is 0 Å². The van der Waals surface area contributed by atoms with Gasteiger partial charge in [0.15, 0.2) is 0 Å². The van der Waals surface area contributed by atoms with Crippen LogP contribution < -0.4 is 10.6 Å². The van der Waals surface area contributed by atoms with Crippen molar-refractivity contribution >= 4 is 47.2 Å². The van der Waals surface area contributed by atoms with E-state index in [1.54, 1.807) is 13.0 Å². The molecule has 17 heteroatoms. The van der Waals surface area contributed by atoms with Crippen LogP contribution in [0.15, 0.2) is 59.1 Å². The van der Waals surface area contributed by atoms with Crippen LogP contribution in [0.5, 0.6) is 0 Å². The van der Waals surface area contributed by atoms with Crippen molar-refractivity contribution in [1.29, 1.82) is 0 Å². The van der Waals surface area contributed by atoms with Gasteiger partial charge in [-0.05, 0) is 30.7 Å². The fourth-order valence-corrected chi connectivity index (χ4v) is 5.52. The Morgan fingerprint density at radius 3 is 2.36 bits per heavy atom. The molecule has 0 aliphatic carbocycles. The number of thioether (sulfide) groups is 1. The number of nitrogens with zero attached hydrogens (tertiary/aromatic N) is 3. The summed E-state index contributed by atoms with van der Waals surface area (Å²) in [7, 11) is 0. The Bertz CT molecular complexity index is 1480. The molecule has 0 spiro atoms. The Morgan fingerprint density at radius 2 is 1.71 bits per heavy atom. The van der Waals surface area contributed by atoms with E-state index in [4.69, 9.17) is 9.47 Å². The van der Waals surface area contributed by atoms with Gasteiger partial charge in [-0.25, -0.2) is 14.4 Å². The highest BCUT2D eigenvalue weighted by Gasteiger charge is 2.56. The molecule has 2 heterocycles. The molecule has 42 heavy (non-hydrogen) atoms. The smallest absolute Gasteiger partial charge is 0.408 e. The molecule has 0 radical (unpaired) electrons. The predicted molar refractivity (Wildman–Crippen MR) is 144 cm³/mol. The molecule has 1 fully saturated rings. The number of non-ortho nitro benzene ring substituents is 1. The first kappa shape index (κ1) is 29.8. The molecule has 0 bridgehead atoms. The molecule has 0 saturated carbocycles. The number of rotatable bonds is 11. The summed E-state index contributed by atoms with van der Waals surface area (Å²) in [6, 6.07) is 9.35. The van der Waals surface area contributed by atoms with Crippen molar-refractivity contribution in [3.63, 3.8) is 0 Å². The zero-order valence-electron chi connectivity index (χ0n) is 21.8. The number of fused-ring (bicyclic) bond motifs is 1. The molecular weight excluding hydrogens is 578 g/mol. The predicted octanol–water partition coefficient (Wildman–Crippen LogP) is 3.01. The molecule has 2 aromatic rings. The number of nitro benzene ring substituents is 2. The minimum atomic E-state index is -1.36. The largest absolute Gasteiger partial charge is 0.477 e. The average Bonchev–Trinajstić information content (AvgIpc) is 3.29. The summed E-state index contributed by atoms with van der Waals surface area (Å²) in [6.07, 6.45) is -1.74. The zero-order chi connectivity index (χ0) is 30.6. The van der Waals surface area contributed by atoms with Crippen molar-refractivity contribution in [2.75, 3.05) is 0 Å². The first-order valence-electron chi connectivity index (χ1n) is 12.2. The van der Waals surface area contributed by atoms with Crippen molar-refractivity contribution in [1.82, 2.24) is 15.5 Å². The number of nitrogens with one attached hydrogen (secondary N) is 2. The second kappa shape index (κ2) is 12.5.